The van der Waals surface area contributed by atoms with Gasteiger partial charge in [-0.2, -0.15) is 5.10 Å². The molecule has 1 aromatic carbocycles. The molecule has 0 saturated carbocycles. The molecule has 0 aliphatic heterocycles. The van der Waals surface area contributed by atoms with Crippen molar-refractivity contribution in [2.45, 2.75) is 32.7 Å². The highest BCUT2D eigenvalue weighted by Gasteiger charge is 2.15. The van der Waals surface area contributed by atoms with E-state index in [2.05, 4.69) is 17.3 Å². The minimum Gasteiger partial charge on any atom is -0.310 e. The Labute approximate surface area is 119 Å². The second-order valence-electron chi connectivity index (χ2n) is 5.19. The van der Waals surface area contributed by atoms with Crippen molar-refractivity contribution in [2.24, 2.45) is 7.05 Å². The van der Waals surface area contributed by atoms with E-state index < -0.39 is 0 Å². The largest absolute Gasteiger partial charge is 0.310 e. The third-order valence-electron chi connectivity index (χ3n) is 3.43. The smallest absolute Gasteiger partial charge is 0.123 e. The second kappa shape index (κ2) is 6.66. The molecular weight excluding hydrogens is 253 g/mol. The zero-order valence-electron chi connectivity index (χ0n) is 12.4. The van der Waals surface area contributed by atoms with Gasteiger partial charge in [-0.1, -0.05) is 13.0 Å². The lowest BCUT2D eigenvalue weighted by atomic mass is 9.97. The van der Waals surface area contributed by atoms with Gasteiger partial charge < -0.3 is 5.32 Å². The van der Waals surface area contributed by atoms with Crippen LogP contribution in [0.15, 0.2) is 30.5 Å². The van der Waals surface area contributed by atoms with Crippen LogP contribution in [0.3, 0.4) is 0 Å². The zero-order valence-corrected chi connectivity index (χ0v) is 12.4. The Bertz CT molecular complexity index is 563. The minimum atomic E-state index is -0.182. The Kier molecular flexibility index (Phi) is 4.90. The molecule has 1 heterocycles. The standard InChI is InChI=1S/C16H22FN3/c1-4-8-18-16(11-14-7-9-20(3)19-14)15-6-5-13(17)10-12(15)2/h5-7,9-10,16,18H,4,8,11H2,1-3H3. The monoisotopic (exact) mass is 275 g/mol. The van der Waals surface area contributed by atoms with Gasteiger partial charge in [0.2, 0.25) is 0 Å². The fourth-order valence-electron chi connectivity index (χ4n) is 2.42. The predicted molar refractivity (Wildman–Crippen MR) is 79.1 cm³/mol. The molecule has 1 N–H and O–H groups in total. The average molecular weight is 275 g/mol. The summed E-state index contributed by atoms with van der Waals surface area (Å²) in [5, 5.41) is 7.97. The fourth-order valence-corrected chi connectivity index (χ4v) is 2.42. The molecule has 0 spiro atoms. The van der Waals surface area contributed by atoms with Crippen molar-refractivity contribution in [3.05, 3.63) is 53.1 Å². The highest BCUT2D eigenvalue weighted by atomic mass is 19.1. The van der Waals surface area contributed by atoms with E-state index in [1.807, 2.05) is 37.0 Å². The lowest BCUT2D eigenvalue weighted by Crippen LogP contribution is -2.25. The first-order valence-corrected chi connectivity index (χ1v) is 7.08. The van der Waals surface area contributed by atoms with Crippen molar-refractivity contribution in [3.8, 4) is 0 Å². The van der Waals surface area contributed by atoms with Crippen LogP contribution in [0.1, 0.15) is 36.2 Å². The molecule has 3 nitrogen and oxygen atoms in total. The summed E-state index contributed by atoms with van der Waals surface area (Å²) in [7, 11) is 1.92. The Balaban J connectivity index is 2.22. The van der Waals surface area contributed by atoms with Crippen LogP contribution in [0.5, 0.6) is 0 Å². The summed E-state index contributed by atoms with van der Waals surface area (Å²) in [5.41, 5.74) is 3.17. The van der Waals surface area contributed by atoms with Crippen molar-refractivity contribution in [2.75, 3.05) is 6.54 Å². The summed E-state index contributed by atoms with van der Waals surface area (Å²) in [6, 6.07) is 7.20. The second-order valence-corrected chi connectivity index (χ2v) is 5.19. The number of nitrogens with one attached hydrogen (secondary N) is 1. The number of rotatable bonds is 6. The average Bonchev–Trinajstić information content (AvgIpc) is 2.80. The van der Waals surface area contributed by atoms with Crippen molar-refractivity contribution >= 4 is 0 Å². The molecule has 1 unspecified atom stereocenters. The highest BCUT2D eigenvalue weighted by molar-refractivity contribution is 5.30. The van der Waals surface area contributed by atoms with Gasteiger partial charge in [0.15, 0.2) is 0 Å². The maximum absolute atomic E-state index is 13.3. The van der Waals surface area contributed by atoms with E-state index in [4.69, 9.17) is 0 Å². The summed E-state index contributed by atoms with van der Waals surface area (Å²) in [5.74, 6) is -0.182. The van der Waals surface area contributed by atoms with E-state index in [0.717, 1.165) is 36.2 Å². The van der Waals surface area contributed by atoms with E-state index >= 15 is 0 Å². The number of hydrogen-bond donors (Lipinski definition) is 1. The maximum atomic E-state index is 13.3. The molecule has 4 heteroatoms. The van der Waals surface area contributed by atoms with Gasteiger partial charge >= 0.3 is 0 Å². The van der Waals surface area contributed by atoms with E-state index in [1.54, 1.807) is 6.07 Å². The van der Waals surface area contributed by atoms with E-state index in [-0.39, 0.29) is 11.9 Å². The van der Waals surface area contributed by atoms with Gasteiger partial charge in [0.1, 0.15) is 5.82 Å². The van der Waals surface area contributed by atoms with Gasteiger partial charge in [-0.05, 0) is 49.2 Å². The molecule has 108 valence electrons. The fraction of sp³-hybridized carbons (Fsp3) is 0.438. The lowest BCUT2D eigenvalue weighted by Gasteiger charge is -2.20. The predicted octanol–water partition coefficient (Wildman–Crippen LogP) is 3.15. The van der Waals surface area contributed by atoms with Crippen LogP contribution in [-0.4, -0.2) is 16.3 Å². The summed E-state index contributed by atoms with van der Waals surface area (Å²) in [6.45, 7) is 5.04. The molecule has 0 fully saturated rings. The van der Waals surface area contributed by atoms with Gasteiger partial charge in [0.05, 0.1) is 5.69 Å². The van der Waals surface area contributed by atoms with Crippen molar-refractivity contribution in [1.29, 1.82) is 0 Å². The number of aromatic nitrogens is 2. The third kappa shape index (κ3) is 3.67. The molecule has 0 aliphatic carbocycles. The first-order valence-electron chi connectivity index (χ1n) is 7.08. The molecule has 0 bridgehead atoms. The third-order valence-corrected chi connectivity index (χ3v) is 3.43. The van der Waals surface area contributed by atoms with Gasteiger partial charge in [-0.15, -0.1) is 0 Å². The molecule has 20 heavy (non-hydrogen) atoms. The van der Waals surface area contributed by atoms with Crippen LogP contribution in [0, 0.1) is 12.7 Å². The SMILES string of the molecule is CCCNC(Cc1ccn(C)n1)c1ccc(F)cc1C. The van der Waals surface area contributed by atoms with Gasteiger partial charge in [0.25, 0.3) is 0 Å². The van der Waals surface area contributed by atoms with Crippen LogP contribution in [0.4, 0.5) is 4.39 Å². The number of nitrogens with zero attached hydrogens (tertiary/aromatic N) is 2. The molecular formula is C16H22FN3. The molecule has 1 atom stereocenters. The van der Waals surface area contributed by atoms with E-state index in [1.165, 1.54) is 6.07 Å². The van der Waals surface area contributed by atoms with Crippen LogP contribution >= 0.6 is 0 Å². The normalized spacial score (nSPS) is 12.6. The summed E-state index contributed by atoms with van der Waals surface area (Å²) < 4.78 is 15.1. The summed E-state index contributed by atoms with van der Waals surface area (Å²) >= 11 is 0. The summed E-state index contributed by atoms with van der Waals surface area (Å²) in [6.07, 6.45) is 3.83. The minimum absolute atomic E-state index is 0.172. The Hall–Kier alpha value is -1.68. The number of halogens is 1. The van der Waals surface area contributed by atoms with Crippen LogP contribution in [0.2, 0.25) is 0 Å². The molecule has 0 radical (unpaired) electrons. The van der Waals surface area contributed by atoms with Gasteiger partial charge in [0, 0.05) is 25.7 Å². The first kappa shape index (κ1) is 14.7. The van der Waals surface area contributed by atoms with Crippen LogP contribution in [0.25, 0.3) is 0 Å². The van der Waals surface area contributed by atoms with Crippen molar-refractivity contribution < 1.29 is 4.39 Å². The van der Waals surface area contributed by atoms with Crippen molar-refractivity contribution in [1.82, 2.24) is 15.1 Å². The highest BCUT2D eigenvalue weighted by Crippen LogP contribution is 2.22. The summed E-state index contributed by atoms with van der Waals surface area (Å²) in [4.78, 5) is 0. The molecule has 2 aromatic rings. The van der Waals surface area contributed by atoms with E-state index in [0.29, 0.717) is 0 Å². The zero-order chi connectivity index (χ0) is 14.5. The molecule has 0 amide bonds. The molecule has 0 saturated heterocycles. The Morgan fingerprint density at radius 2 is 2.15 bits per heavy atom. The number of aryl methyl sites for hydroxylation is 2. The van der Waals surface area contributed by atoms with Crippen LogP contribution in [-0.2, 0) is 13.5 Å². The van der Waals surface area contributed by atoms with Gasteiger partial charge in [-0.3, -0.25) is 4.68 Å². The number of benzene rings is 1. The number of hydrogen-bond acceptors (Lipinski definition) is 2. The topological polar surface area (TPSA) is 29.9 Å². The van der Waals surface area contributed by atoms with E-state index in [9.17, 15) is 4.39 Å². The molecule has 2 rings (SSSR count). The van der Waals surface area contributed by atoms with Crippen molar-refractivity contribution in [3.63, 3.8) is 0 Å². The van der Waals surface area contributed by atoms with Crippen LogP contribution < -0.4 is 5.32 Å². The Morgan fingerprint density at radius 1 is 1.35 bits per heavy atom. The Morgan fingerprint density at radius 3 is 2.75 bits per heavy atom. The quantitative estimate of drug-likeness (QED) is 0.877. The van der Waals surface area contributed by atoms with Gasteiger partial charge in [-0.25, -0.2) is 4.39 Å². The molecule has 1 aromatic heterocycles. The maximum Gasteiger partial charge on any atom is 0.123 e. The lowest BCUT2D eigenvalue weighted by molar-refractivity contribution is 0.517. The molecule has 0 aliphatic rings. The first-order chi connectivity index (χ1) is 9.60.